The van der Waals surface area contributed by atoms with Crippen molar-refractivity contribution in [3.05, 3.63) is 80.3 Å². The van der Waals surface area contributed by atoms with Gasteiger partial charge in [-0.1, -0.05) is 17.8 Å². The van der Waals surface area contributed by atoms with Gasteiger partial charge in [0.05, 0.1) is 18.2 Å². The number of hydrogen-bond acceptors (Lipinski definition) is 5. The SMILES string of the molecule is O=c1c2c3c(sc2nc(SCc2c(F)cccc2F)n1Cc1ccco1)CCCC3. The lowest BCUT2D eigenvalue weighted by Crippen LogP contribution is -2.24. The van der Waals surface area contributed by atoms with Crippen LogP contribution in [0, 0.1) is 11.6 Å². The highest BCUT2D eigenvalue weighted by molar-refractivity contribution is 7.98. The predicted molar refractivity (Wildman–Crippen MR) is 114 cm³/mol. The number of aromatic nitrogens is 2. The second-order valence-corrected chi connectivity index (χ2v) is 9.27. The first-order valence-electron chi connectivity index (χ1n) is 9.75. The van der Waals surface area contributed by atoms with Crippen LogP contribution in [0.15, 0.2) is 51.0 Å². The molecule has 4 aromatic rings. The molecule has 3 aromatic heterocycles. The van der Waals surface area contributed by atoms with Gasteiger partial charge >= 0.3 is 0 Å². The molecule has 0 atom stereocenters. The van der Waals surface area contributed by atoms with E-state index in [9.17, 15) is 13.6 Å². The summed E-state index contributed by atoms with van der Waals surface area (Å²) in [7, 11) is 0. The predicted octanol–water partition coefficient (Wildman–Crippen LogP) is 5.55. The van der Waals surface area contributed by atoms with E-state index in [0.717, 1.165) is 43.0 Å². The van der Waals surface area contributed by atoms with Gasteiger partial charge < -0.3 is 4.42 Å². The molecule has 5 rings (SSSR count). The molecule has 0 amide bonds. The minimum atomic E-state index is -0.602. The van der Waals surface area contributed by atoms with Crippen LogP contribution in [0.1, 0.15) is 34.6 Å². The van der Waals surface area contributed by atoms with Crippen molar-refractivity contribution < 1.29 is 13.2 Å². The molecule has 0 saturated heterocycles. The highest BCUT2D eigenvalue weighted by Crippen LogP contribution is 2.35. The molecule has 0 spiro atoms. The van der Waals surface area contributed by atoms with Gasteiger partial charge in [0.2, 0.25) is 0 Å². The van der Waals surface area contributed by atoms with Gasteiger partial charge in [-0.15, -0.1) is 11.3 Å². The summed E-state index contributed by atoms with van der Waals surface area (Å²) in [5.41, 5.74) is 0.975. The quantitative estimate of drug-likeness (QED) is 0.299. The largest absolute Gasteiger partial charge is 0.467 e. The number of thioether (sulfide) groups is 1. The summed E-state index contributed by atoms with van der Waals surface area (Å²) in [6.45, 7) is 0.224. The molecule has 1 aliphatic carbocycles. The molecule has 4 nitrogen and oxygen atoms in total. The van der Waals surface area contributed by atoms with Crippen molar-refractivity contribution in [2.75, 3.05) is 0 Å². The number of nitrogens with zero attached hydrogens (tertiary/aromatic N) is 2. The van der Waals surface area contributed by atoms with E-state index in [0.29, 0.717) is 21.1 Å². The Hall–Kier alpha value is -2.45. The Morgan fingerprint density at radius 1 is 1.13 bits per heavy atom. The molecular weight excluding hydrogens is 426 g/mol. The zero-order valence-electron chi connectivity index (χ0n) is 16.0. The lowest BCUT2D eigenvalue weighted by Gasteiger charge is -2.13. The lowest BCUT2D eigenvalue weighted by atomic mass is 9.97. The molecule has 0 saturated carbocycles. The van der Waals surface area contributed by atoms with E-state index >= 15 is 0 Å². The summed E-state index contributed by atoms with van der Waals surface area (Å²) in [5.74, 6) is -0.536. The summed E-state index contributed by atoms with van der Waals surface area (Å²) in [5, 5.41) is 1.12. The van der Waals surface area contributed by atoms with Gasteiger partial charge in [-0.05, 0) is 55.5 Å². The third-order valence-electron chi connectivity index (χ3n) is 5.34. The summed E-state index contributed by atoms with van der Waals surface area (Å²) < 4.78 is 35.2. The van der Waals surface area contributed by atoms with Crippen LogP contribution in [0.4, 0.5) is 8.78 Å². The van der Waals surface area contributed by atoms with Crippen LogP contribution in [0.3, 0.4) is 0 Å². The maximum atomic E-state index is 14.1. The number of halogens is 2. The molecule has 0 bridgehead atoms. The molecule has 1 aliphatic rings. The highest BCUT2D eigenvalue weighted by Gasteiger charge is 2.23. The van der Waals surface area contributed by atoms with Gasteiger partial charge in [-0.25, -0.2) is 13.8 Å². The van der Waals surface area contributed by atoms with Crippen LogP contribution in [0.5, 0.6) is 0 Å². The maximum absolute atomic E-state index is 14.1. The standard InChI is InChI=1S/C22H18F2N2O2S2/c23-16-7-3-8-17(24)15(16)12-29-22-25-20-19(14-6-1-2-9-18(14)30-20)21(27)26(22)11-13-5-4-10-28-13/h3-5,7-8,10H,1-2,6,9,11-12H2. The average Bonchev–Trinajstić information content (AvgIpc) is 3.37. The fourth-order valence-electron chi connectivity index (χ4n) is 3.83. The van der Waals surface area contributed by atoms with E-state index < -0.39 is 11.6 Å². The average molecular weight is 445 g/mol. The second-order valence-electron chi connectivity index (χ2n) is 7.24. The summed E-state index contributed by atoms with van der Waals surface area (Å²) >= 11 is 2.73. The number of furan rings is 1. The van der Waals surface area contributed by atoms with Crippen molar-refractivity contribution in [2.45, 2.75) is 43.1 Å². The zero-order chi connectivity index (χ0) is 20.7. The first kappa shape index (κ1) is 19.5. The van der Waals surface area contributed by atoms with E-state index in [1.807, 2.05) is 0 Å². The van der Waals surface area contributed by atoms with E-state index in [1.54, 1.807) is 34.3 Å². The molecule has 0 unspecified atom stereocenters. The van der Waals surface area contributed by atoms with Gasteiger partial charge in [0.25, 0.3) is 5.56 Å². The monoisotopic (exact) mass is 444 g/mol. The number of aryl methyl sites for hydroxylation is 2. The Morgan fingerprint density at radius 2 is 1.93 bits per heavy atom. The second kappa shape index (κ2) is 8.00. The van der Waals surface area contributed by atoms with Crippen LogP contribution in [-0.2, 0) is 25.1 Å². The van der Waals surface area contributed by atoms with Gasteiger partial charge in [0.1, 0.15) is 22.2 Å². The Kier molecular flexibility index (Phi) is 5.20. The molecule has 0 aliphatic heterocycles. The summed E-state index contributed by atoms with van der Waals surface area (Å²) in [6.07, 6.45) is 5.60. The third-order valence-corrected chi connectivity index (χ3v) is 7.53. The minimum absolute atomic E-state index is 0.0214. The Balaban J connectivity index is 1.61. The molecule has 1 aromatic carbocycles. The number of hydrogen-bond donors (Lipinski definition) is 0. The maximum Gasteiger partial charge on any atom is 0.263 e. The fraction of sp³-hybridized carbons (Fsp3) is 0.273. The zero-order valence-corrected chi connectivity index (χ0v) is 17.6. The summed E-state index contributed by atoms with van der Waals surface area (Å²) in [6, 6.07) is 7.37. The van der Waals surface area contributed by atoms with Crippen LogP contribution >= 0.6 is 23.1 Å². The van der Waals surface area contributed by atoms with Crippen molar-refractivity contribution in [3.8, 4) is 0 Å². The molecule has 0 radical (unpaired) electrons. The van der Waals surface area contributed by atoms with Gasteiger partial charge in [0, 0.05) is 16.2 Å². The van der Waals surface area contributed by atoms with Crippen molar-refractivity contribution >= 4 is 33.3 Å². The molecule has 8 heteroatoms. The highest BCUT2D eigenvalue weighted by atomic mass is 32.2. The molecule has 3 heterocycles. The van der Waals surface area contributed by atoms with Crippen LogP contribution in [-0.4, -0.2) is 9.55 Å². The first-order chi connectivity index (χ1) is 14.6. The van der Waals surface area contributed by atoms with E-state index in [4.69, 9.17) is 9.40 Å². The molecule has 0 N–H and O–H groups in total. The van der Waals surface area contributed by atoms with Crippen molar-refractivity contribution in [1.82, 2.24) is 9.55 Å². The third kappa shape index (κ3) is 3.48. The van der Waals surface area contributed by atoms with E-state index in [2.05, 4.69) is 0 Å². The molecular formula is C22H18F2N2O2S2. The van der Waals surface area contributed by atoms with E-state index in [1.165, 1.54) is 23.1 Å². The van der Waals surface area contributed by atoms with Crippen molar-refractivity contribution in [3.63, 3.8) is 0 Å². The molecule has 154 valence electrons. The van der Waals surface area contributed by atoms with Crippen LogP contribution in [0.25, 0.3) is 10.2 Å². The fourth-order valence-corrected chi connectivity index (χ4v) is 6.15. The van der Waals surface area contributed by atoms with Crippen molar-refractivity contribution in [1.29, 1.82) is 0 Å². The Bertz CT molecular complexity index is 1260. The van der Waals surface area contributed by atoms with Crippen LogP contribution < -0.4 is 5.56 Å². The van der Waals surface area contributed by atoms with Gasteiger partial charge in [-0.3, -0.25) is 9.36 Å². The van der Waals surface area contributed by atoms with Crippen LogP contribution in [0.2, 0.25) is 0 Å². The number of fused-ring (bicyclic) bond motifs is 3. The van der Waals surface area contributed by atoms with Gasteiger partial charge in [-0.2, -0.15) is 0 Å². The number of rotatable bonds is 5. The lowest BCUT2D eigenvalue weighted by molar-refractivity contribution is 0.476. The Morgan fingerprint density at radius 3 is 2.70 bits per heavy atom. The summed E-state index contributed by atoms with van der Waals surface area (Å²) in [4.78, 5) is 20.2. The van der Waals surface area contributed by atoms with Crippen molar-refractivity contribution in [2.24, 2.45) is 0 Å². The first-order valence-corrected chi connectivity index (χ1v) is 11.5. The molecule has 30 heavy (non-hydrogen) atoms. The normalized spacial score (nSPS) is 13.7. The number of thiophene rings is 1. The topological polar surface area (TPSA) is 48.0 Å². The Labute approximate surface area is 179 Å². The smallest absolute Gasteiger partial charge is 0.263 e. The molecule has 0 fully saturated rings. The number of benzene rings is 1. The van der Waals surface area contributed by atoms with Gasteiger partial charge in [0.15, 0.2) is 5.16 Å². The minimum Gasteiger partial charge on any atom is -0.467 e. The van der Waals surface area contributed by atoms with E-state index in [-0.39, 0.29) is 23.4 Å².